The van der Waals surface area contributed by atoms with Gasteiger partial charge in [0.15, 0.2) is 24.6 Å². The first-order valence-electron chi connectivity index (χ1n) is 18.8. The van der Waals surface area contributed by atoms with Crippen molar-refractivity contribution in [3.63, 3.8) is 0 Å². The third kappa shape index (κ3) is 10.7. The Morgan fingerprint density at radius 3 is 1.97 bits per heavy atom. The molecule has 3 fully saturated rings. The van der Waals surface area contributed by atoms with Crippen LogP contribution in [0.2, 0.25) is 0 Å². The van der Waals surface area contributed by atoms with E-state index in [1.54, 1.807) is 36.4 Å². The Balaban J connectivity index is 1.63. The number of methoxy groups -OCH3 is 2. The van der Waals surface area contributed by atoms with Gasteiger partial charge in [0.25, 0.3) is 5.79 Å². The van der Waals surface area contributed by atoms with E-state index in [9.17, 15) is 43.5 Å². The number of carbonyl (C=O) groups excluding carboxylic acids is 8. The molecule has 0 aromatic heterocycles. The monoisotopic (exact) mass is 859 g/mol. The molecule has 21 heteroatoms. The van der Waals surface area contributed by atoms with Crippen LogP contribution in [0.15, 0.2) is 60.7 Å². The standard InChI is InChI=1S/C40H45NO20/c1-20(42)41-29-26(58-39(41)50)17-40(38(49)52-6,60-32(29)31(56-23(4)45)28(55-22(3)44)19-53-21(2)43)61-33-30(46)27(18-54-35(47)24-13-9-7-10-14-24)57-37(51-5)34(33)59-36(48)25-15-11-8-12-16-25/h7-16,26-34,37,46H,17-19H2,1-6H3/t26-,27+,28+,29+,30-,31+,32+,33-,34+,37-,40-/m0/s1. The van der Waals surface area contributed by atoms with E-state index in [2.05, 4.69) is 0 Å². The summed E-state index contributed by atoms with van der Waals surface area (Å²) in [6.45, 7) is 2.60. The minimum atomic E-state index is -2.85. The van der Waals surface area contributed by atoms with Crippen molar-refractivity contribution in [2.45, 2.75) is 101 Å². The van der Waals surface area contributed by atoms with Crippen LogP contribution in [0.1, 0.15) is 54.8 Å². The summed E-state index contributed by atoms with van der Waals surface area (Å²) < 4.78 is 62.4. The molecule has 0 radical (unpaired) electrons. The Hall–Kier alpha value is -6.00. The highest BCUT2D eigenvalue weighted by molar-refractivity contribution is 5.93. The number of nitrogens with zero attached hydrogens (tertiary/aromatic N) is 1. The van der Waals surface area contributed by atoms with Crippen LogP contribution in [0.4, 0.5) is 4.79 Å². The Kier molecular flexibility index (Phi) is 15.1. The average molecular weight is 860 g/mol. The smallest absolute Gasteiger partial charge is 0.417 e. The zero-order valence-electron chi connectivity index (χ0n) is 33.8. The van der Waals surface area contributed by atoms with Crippen LogP contribution < -0.4 is 0 Å². The van der Waals surface area contributed by atoms with Crippen molar-refractivity contribution >= 4 is 47.8 Å². The highest BCUT2D eigenvalue weighted by atomic mass is 16.8. The maximum Gasteiger partial charge on any atom is 0.417 e. The second-order valence-corrected chi connectivity index (χ2v) is 13.9. The molecule has 2 aromatic rings. The van der Waals surface area contributed by atoms with Crippen molar-refractivity contribution in [3.8, 4) is 0 Å². The predicted molar refractivity (Wildman–Crippen MR) is 197 cm³/mol. The zero-order valence-corrected chi connectivity index (χ0v) is 33.8. The Morgan fingerprint density at radius 1 is 0.820 bits per heavy atom. The minimum absolute atomic E-state index is 0.0414. The van der Waals surface area contributed by atoms with Gasteiger partial charge in [0.1, 0.15) is 49.8 Å². The summed E-state index contributed by atoms with van der Waals surface area (Å²) in [6, 6.07) is 13.9. The molecule has 0 unspecified atom stereocenters. The quantitative estimate of drug-likeness (QED) is 0.193. The van der Waals surface area contributed by atoms with E-state index in [0.717, 1.165) is 34.8 Å². The van der Waals surface area contributed by atoms with E-state index in [4.69, 9.17) is 52.1 Å². The second kappa shape index (κ2) is 20.0. The first-order valence-corrected chi connectivity index (χ1v) is 18.8. The summed E-state index contributed by atoms with van der Waals surface area (Å²) >= 11 is 0. The number of hydrogen-bond acceptors (Lipinski definition) is 20. The zero-order chi connectivity index (χ0) is 44.6. The van der Waals surface area contributed by atoms with Crippen molar-refractivity contribution in [2.75, 3.05) is 27.4 Å². The molecule has 0 bridgehead atoms. The number of esters is 6. The van der Waals surface area contributed by atoms with Crippen LogP contribution in [0.25, 0.3) is 0 Å². The van der Waals surface area contributed by atoms with E-state index < -0.39 is 134 Å². The fourth-order valence-electron chi connectivity index (χ4n) is 7.11. The van der Waals surface area contributed by atoms with Gasteiger partial charge >= 0.3 is 41.9 Å². The third-order valence-corrected chi connectivity index (χ3v) is 9.68. The van der Waals surface area contributed by atoms with Gasteiger partial charge in [-0.3, -0.25) is 19.2 Å². The number of aliphatic hydroxyl groups is 1. The summed E-state index contributed by atoms with van der Waals surface area (Å²) in [6.07, 6.45) is -17.9. The summed E-state index contributed by atoms with van der Waals surface area (Å²) in [7, 11) is 2.10. The summed E-state index contributed by atoms with van der Waals surface area (Å²) in [5.74, 6) is -9.69. The highest BCUT2D eigenvalue weighted by Crippen LogP contribution is 2.44. The molecule has 3 heterocycles. The Bertz CT molecular complexity index is 1940. The number of ether oxygens (including phenoxy) is 11. The van der Waals surface area contributed by atoms with Crippen molar-refractivity contribution in [1.82, 2.24) is 4.90 Å². The molecular weight excluding hydrogens is 814 g/mol. The number of amides is 2. The van der Waals surface area contributed by atoms with Crippen molar-refractivity contribution in [1.29, 1.82) is 0 Å². The highest BCUT2D eigenvalue weighted by Gasteiger charge is 2.66. The number of carbonyl (C=O) groups is 8. The maximum absolute atomic E-state index is 14.2. The van der Waals surface area contributed by atoms with Crippen LogP contribution in [-0.2, 0) is 76.1 Å². The van der Waals surface area contributed by atoms with Crippen molar-refractivity contribution in [3.05, 3.63) is 71.8 Å². The molecule has 3 aliphatic rings. The van der Waals surface area contributed by atoms with Gasteiger partial charge in [-0.05, 0) is 24.3 Å². The molecular formula is C40H45NO20. The molecule has 3 saturated heterocycles. The Labute approximate surface area is 348 Å². The maximum atomic E-state index is 14.2. The van der Waals surface area contributed by atoms with E-state index >= 15 is 0 Å². The van der Waals surface area contributed by atoms with E-state index in [1.807, 2.05) is 0 Å². The van der Waals surface area contributed by atoms with Crippen LogP contribution in [0, 0.1) is 0 Å². The summed E-state index contributed by atoms with van der Waals surface area (Å²) in [5, 5.41) is 12.0. The lowest BCUT2D eigenvalue weighted by Gasteiger charge is -2.50. The van der Waals surface area contributed by atoms with Crippen LogP contribution in [0.5, 0.6) is 0 Å². The fraction of sp³-hybridized carbons (Fsp3) is 0.500. The molecule has 0 spiro atoms. The number of rotatable bonds is 15. The van der Waals surface area contributed by atoms with Crippen LogP contribution in [0.3, 0.4) is 0 Å². The molecule has 5 rings (SSSR count). The number of fused-ring (bicyclic) bond motifs is 1. The van der Waals surface area contributed by atoms with Crippen LogP contribution >= 0.6 is 0 Å². The first kappa shape index (κ1) is 46.1. The molecule has 0 saturated carbocycles. The molecule has 0 aliphatic carbocycles. The van der Waals surface area contributed by atoms with E-state index in [0.29, 0.717) is 4.90 Å². The summed E-state index contributed by atoms with van der Waals surface area (Å²) in [5.41, 5.74) is 0.202. The molecule has 3 aliphatic heterocycles. The number of aliphatic hydroxyl groups excluding tert-OH is 1. The molecule has 11 atom stereocenters. The first-order chi connectivity index (χ1) is 29.0. The van der Waals surface area contributed by atoms with Gasteiger partial charge in [-0.2, -0.15) is 0 Å². The lowest BCUT2D eigenvalue weighted by Crippen LogP contribution is -2.70. The number of hydrogen-bond donors (Lipinski definition) is 1. The lowest BCUT2D eigenvalue weighted by atomic mass is 9.87. The summed E-state index contributed by atoms with van der Waals surface area (Å²) in [4.78, 5) is 105. The normalized spacial score (nSPS) is 27.9. The minimum Gasteiger partial charge on any atom is -0.465 e. The fourth-order valence-corrected chi connectivity index (χ4v) is 7.11. The molecule has 21 nitrogen and oxygen atoms in total. The molecule has 1 N–H and O–H groups in total. The Morgan fingerprint density at radius 2 is 1.43 bits per heavy atom. The average Bonchev–Trinajstić information content (AvgIpc) is 3.57. The molecule has 330 valence electrons. The SMILES string of the molecule is COC(=O)[C@@]1(O[C@H]2[C@@H](O)[C@@H](COC(=O)c3ccccc3)O[C@H](OC)[C@@H]2OC(=O)c2ccccc2)C[C@@H]2OC(=O)N(C(C)=O)[C@H]2[C@H]([C@H](OC(C)=O)[C@@H](COC(C)=O)OC(C)=O)O1. The lowest BCUT2D eigenvalue weighted by molar-refractivity contribution is -0.366. The largest absolute Gasteiger partial charge is 0.465 e. The van der Waals surface area contributed by atoms with Gasteiger partial charge in [0.2, 0.25) is 5.91 Å². The molecule has 2 amide bonds. The van der Waals surface area contributed by atoms with E-state index in [-0.39, 0.29) is 11.1 Å². The van der Waals surface area contributed by atoms with E-state index in [1.165, 1.54) is 31.4 Å². The van der Waals surface area contributed by atoms with Gasteiger partial charge in [-0.15, -0.1) is 0 Å². The number of benzene rings is 2. The van der Waals surface area contributed by atoms with Gasteiger partial charge in [-0.1, -0.05) is 36.4 Å². The van der Waals surface area contributed by atoms with Crippen molar-refractivity contribution in [2.24, 2.45) is 0 Å². The predicted octanol–water partition coefficient (Wildman–Crippen LogP) is 1.01. The molecule has 61 heavy (non-hydrogen) atoms. The van der Waals surface area contributed by atoms with Gasteiger partial charge in [0, 0.05) is 34.8 Å². The van der Waals surface area contributed by atoms with Gasteiger partial charge in [-0.25, -0.2) is 24.1 Å². The second-order valence-electron chi connectivity index (χ2n) is 13.9. The number of imide groups is 1. The molecule has 2 aromatic carbocycles. The van der Waals surface area contributed by atoms with Crippen LogP contribution in [-0.4, -0.2) is 152 Å². The van der Waals surface area contributed by atoms with Gasteiger partial charge in [0.05, 0.1) is 24.7 Å². The van der Waals surface area contributed by atoms with Gasteiger partial charge < -0.3 is 57.2 Å². The van der Waals surface area contributed by atoms with Crippen molar-refractivity contribution < 1.29 is 95.6 Å². The third-order valence-electron chi connectivity index (χ3n) is 9.68. The topological polar surface area (TPSA) is 262 Å².